The molecule has 0 saturated heterocycles. The Hall–Kier alpha value is -2.64. The van der Waals surface area contributed by atoms with Crippen LogP contribution in [0.3, 0.4) is 0 Å². The number of rotatable bonds is 4. The highest BCUT2D eigenvalue weighted by atomic mass is 32.1. The Bertz CT molecular complexity index is 948. The van der Waals surface area contributed by atoms with Crippen LogP contribution in [0.25, 0.3) is 10.1 Å². The molecule has 2 aromatic carbocycles. The van der Waals surface area contributed by atoms with E-state index in [0.29, 0.717) is 5.56 Å². The zero-order chi connectivity index (χ0) is 16.9. The molecule has 0 aliphatic carbocycles. The summed E-state index contributed by atoms with van der Waals surface area (Å²) in [6.07, 6.45) is 0. The number of hydrogen-bond acceptors (Lipinski definition) is 4. The van der Waals surface area contributed by atoms with Crippen molar-refractivity contribution >= 4 is 32.8 Å². The van der Waals surface area contributed by atoms with Gasteiger partial charge in [0.2, 0.25) is 0 Å². The van der Waals surface area contributed by atoms with Crippen molar-refractivity contribution in [1.82, 2.24) is 0 Å². The van der Waals surface area contributed by atoms with E-state index in [-0.39, 0.29) is 0 Å². The van der Waals surface area contributed by atoms with Gasteiger partial charge in [0.05, 0.1) is 11.3 Å². The molecule has 0 bridgehead atoms. The normalized spacial score (nSPS) is 11.5. The average Bonchev–Trinajstić information content (AvgIpc) is 2.63. The van der Waals surface area contributed by atoms with Crippen LogP contribution in [0.5, 0.6) is 0 Å². The van der Waals surface area contributed by atoms with Crippen molar-refractivity contribution in [3.63, 3.8) is 0 Å². The fraction of sp³-hybridized carbons (Fsp3) is 0.200. The predicted molar refractivity (Wildman–Crippen MR) is 102 cm³/mol. The zero-order valence-electron chi connectivity index (χ0n) is 13.9. The molecule has 0 N–H and O–H groups in total. The molecule has 3 aromatic rings. The first kappa shape index (κ1) is 16.2. The number of benzene rings is 2. The van der Waals surface area contributed by atoms with Crippen molar-refractivity contribution in [3.05, 3.63) is 64.8 Å². The van der Waals surface area contributed by atoms with E-state index in [9.17, 15) is 5.26 Å². The molecule has 4 heteroatoms. The first-order chi connectivity index (χ1) is 11.7. The number of anilines is 1. The van der Waals surface area contributed by atoms with Crippen LogP contribution in [0.15, 0.2) is 59.6 Å². The van der Waals surface area contributed by atoms with Crippen LogP contribution < -0.4 is 9.57 Å². The maximum atomic E-state index is 9.46. The van der Waals surface area contributed by atoms with E-state index in [4.69, 9.17) is 0 Å². The second-order valence-electron chi connectivity index (χ2n) is 5.42. The maximum Gasteiger partial charge on any atom is 0.135 e. The molecular weight excluding hydrogens is 314 g/mol. The molecule has 0 fully saturated rings. The van der Waals surface area contributed by atoms with Crippen molar-refractivity contribution in [2.45, 2.75) is 13.8 Å². The summed E-state index contributed by atoms with van der Waals surface area (Å²) in [5.41, 5.74) is 2.69. The smallest absolute Gasteiger partial charge is 0.135 e. The van der Waals surface area contributed by atoms with Crippen LogP contribution in [0.1, 0.15) is 19.4 Å². The van der Waals surface area contributed by atoms with Crippen molar-refractivity contribution in [2.24, 2.45) is 4.99 Å². The van der Waals surface area contributed by atoms with Crippen molar-refractivity contribution in [1.29, 1.82) is 5.26 Å². The summed E-state index contributed by atoms with van der Waals surface area (Å²) in [5, 5.41) is 10.5. The van der Waals surface area contributed by atoms with Crippen LogP contribution in [0.2, 0.25) is 0 Å². The molecule has 0 radical (unpaired) electrons. The summed E-state index contributed by atoms with van der Waals surface area (Å²) >= 11 is 1.57. The van der Waals surface area contributed by atoms with Gasteiger partial charge >= 0.3 is 0 Å². The number of hydrogen-bond donors (Lipinski definition) is 0. The van der Waals surface area contributed by atoms with Crippen LogP contribution in [-0.2, 0) is 0 Å². The third-order valence-electron chi connectivity index (χ3n) is 3.97. The Morgan fingerprint density at radius 3 is 2.46 bits per heavy atom. The first-order valence-corrected chi connectivity index (χ1v) is 8.89. The molecule has 120 valence electrons. The lowest BCUT2D eigenvalue weighted by Gasteiger charge is -2.21. The molecule has 0 aliphatic heterocycles. The second-order valence-corrected chi connectivity index (χ2v) is 6.45. The Balaban J connectivity index is 2.19. The van der Waals surface area contributed by atoms with Crippen molar-refractivity contribution in [3.8, 4) is 6.07 Å². The Labute approximate surface area is 146 Å². The van der Waals surface area contributed by atoms with Gasteiger partial charge in [-0.1, -0.05) is 24.3 Å². The molecule has 0 atom stereocenters. The zero-order valence-corrected chi connectivity index (χ0v) is 14.7. The molecule has 1 aromatic heterocycles. The fourth-order valence-electron chi connectivity index (χ4n) is 2.68. The summed E-state index contributed by atoms with van der Waals surface area (Å²) in [4.78, 5) is 6.98. The first-order valence-electron chi connectivity index (χ1n) is 8.08. The lowest BCUT2D eigenvalue weighted by atomic mass is 10.2. The standard InChI is InChI=1S/C20H19N3S/c1-3-23(4-2)18-11-10-15-12-16(14-21)20(24-19(15)13-18)22-17-8-6-5-7-9-17/h5-13H,3-4H2,1-2H3. The minimum Gasteiger partial charge on any atom is -0.372 e. The maximum absolute atomic E-state index is 9.46. The van der Waals surface area contributed by atoms with Gasteiger partial charge in [0.15, 0.2) is 0 Å². The largest absolute Gasteiger partial charge is 0.372 e. The molecule has 0 saturated carbocycles. The predicted octanol–water partition coefficient (Wildman–Crippen LogP) is 4.85. The van der Waals surface area contributed by atoms with Crippen LogP contribution >= 0.6 is 11.3 Å². The molecule has 0 spiro atoms. The van der Waals surface area contributed by atoms with Crippen LogP contribution in [-0.4, -0.2) is 13.1 Å². The molecule has 3 rings (SSSR count). The van der Waals surface area contributed by atoms with E-state index in [2.05, 4.69) is 48.0 Å². The number of fused-ring (bicyclic) bond motifs is 1. The van der Waals surface area contributed by atoms with Gasteiger partial charge in [-0.3, -0.25) is 0 Å². The summed E-state index contributed by atoms with van der Waals surface area (Å²) in [5.74, 6) is 0. The summed E-state index contributed by atoms with van der Waals surface area (Å²) in [6, 6.07) is 20.4. The van der Waals surface area contributed by atoms with E-state index >= 15 is 0 Å². The molecule has 24 heavy (non-hydrogen) atoms. The number of nitrogens with zero attached hydrogens (tertiary/aromatic N) is 3. The van der Waals surface area contributed by atoms with Gasteiger partial charge < -0.3 is 4.90 Å². The van der Waals surface area contributed by atoms with Crippen LogP contribution in [0.4, 0.5) is 11.4 Å². The van der Waals surface area contributed by atoms with Gasteiger partial charge in [0, 0.05) is 23.5 Å². The average molecular weight is 333 g/mol. The Morgan fingerprint density at radius 1 is 1.04 bits per heavy atom. The lowest BCUT2D eigenvalue weighted by Crippen LogP contribution is -2.21. The third kappa shape index (κ3) is 3.32. The fourth-order valence-corrected chi connectivity index (χ4v) is 3.67. The van der Waals surface area contributed by atoms with E-state index in [1.54, 1.807) is 11.3 Å². The van der Waals surface area contributed by atoms with E-state index < -0.39 is 0 Å². The van der Waals surface area contributed by atoms with E-state index in [1.807, 2.05) is 36.4 Å². The van der Waals surface area contributed by atoms with E-state index in [1.165, 1.54) is 5.69 Å². The van der Waals surface area contributed by atoms with Gasteiger partial charge in [-0.2, -0.15) is 5.26 Å². The van der Waals surface area contributed by atoms with Crippen LogP contribution in [0, 0.1) is 11.3 Å². The minimum absolute atomic E-state index is 0.618. The molecule has 0 amide bonds. The molecule has 0 aliphatic rings. The summed E-state index contributed by atoms with van der Waals surface area (Å²) in [6.45, 7) is 6.27. The van der Waals surface area contributed by atoms with E-state index in [0.717, 1.165) is 33.5 Å². The van der Waals surface area contributed by atoms with Crippen molar-refractivity contribution in [2.75, 3.05) is 18.0 Å². The molecule has 3 nitrogen and oxygen atoms in total. The van der Waals surface area contributed by atoms with Gasteiger partial charge in [-0.25, -0.2) is 4.99 Å². The molecule has 0 unspecified atom stereocenters. The SMILES string of the molecule is CCN(CC)c1ccc2cc(C#N)c(=Nc3ccccc3)sc2c1. The summed E-state index contributed by atoms with van der Waals surface area (Å²) in [7, 11) is 0. The molecular formula is C20H19N3S. The Morgan fingerprint density at radius 2 is 1.79 bits per heavy atom. The topological polar surface area (TPSA) is 39.4 Å². The highest BCUT2D eigenvalue weighted by molar-refractivity contribution is 7.16. The summed E-state index contributed by atoms with van der Waals surface area (Å²) < 4.78 is 1.90. The van der Waals surface area contributed by atoms with Gasteiger partial charge in [0.25, 0.3) is 0 Å². The molecule has 1 heterocycles. The van der Waals surface area contributed by atoms with Crippen molar-refractivity contribution < 1.29 is 0 Å². The highest BCUT2D eigenvalue weighted by Crippen LogP contribution is 2.25. The van der Waals surface area contributed by atoms with Gasteiger partial charge in [0.1, 0.15) is 10.7 Å². The lowest BCUT2D eigenvalue weighted by molar-refractivity contribution is 0.867. The monoisotopic (exact) mass is 333 g/mol. The number of nitriles is 1. The number of para-hydroxylation sites is 1. The minimum atomic E-state index is 0.618. The third-order valence-corrected chi connectivity index (χ3v) is 5.05. The Kier molecular flexibility index (Phi) is 4.93. The van der Waals surface area contributed by atoms with Gasteiger partial charge in [-0.15, -0.1) is 11.3 Å². The quantitative estimate of drug-likeness (QED) is 0.684. The van der Waals surface area contributed by atoms with Gasteiger partial charge in [-0.05, 0) is 49.6 Å². The highest BCUT2D eigenvalue weighted by Gasteiger charge is 2.06. The second kappa shape index (κ2) is 7.29.